The first kappa shape index (κ1) is 24.1. The third-order valence-electron chi connectivity index (χ3n) is 6.01. The molecule has 178 valence electrons. The van der Waals surface area contributed by atoms with Gasteiger partial charge in [-0.3, -0.25) is 9.88 Å². The van der Waals surface area contributed by atoms with Crippen LogP contribution < -0.4 is 5.73 Å². The highest BCUT2D eigenvalue weighted by Crippen LogP contribution is 2.27. The van der Waals surface area contributed by atoms with Gasteiger partial charge in [-0.05, 0) is 68.2 Å². The lowest BCUT2D eigenvalue weighted by Gasteiger charge is -2.22. The number of aryl methyl sites for hydroxylation is 1. The van der Waals surface area contributed by atoms with Crippen molar-refractivity contribution in [2.75, 3.05) is 13.1 Å². The fraction of sp³-hybridized carbons (Fsp3) is 0.296. The fourth-order valence-electron chi connectivity index (χ4n) is 4.21. The zero-order valence-corrected chi connectivity index (χ0v) is 20.4. The first-order chi connectivity index (χ1) is 16.5. The maximum absolute atomic E-state index is 13.4. The lowest BCUT2D eigenvalue weighted by Crippen LogP contribution is -2.24. The van der Waals surface area contributed by atoms with E-state index in [4.69, 9.17) is 5.73 Å². The van der Waals surface area contributed by atoms with Crippen molar-refractivity contribution in [2.45, 2.75) is 44.2 Å². The van der Waals surface area contributed by atoms with Crippen molar-refractivity contribution in [1.29, 1.82) is 0 Å². The summed E-state index contributed by atoms with van der Waals surface area (Å²) in [5.41, 5.74) is 9.51. The van der Waals surface area contributed by atoms with Crippen LogP contribution >= 0.6 is 0 Å². The number of benzene rings is 2. The topological polar surface area (TPSA) is 81.2 Å². The molecule has 2 aromatic carbocycles. The van der Waals surface area contributed by atoms with E-state index in [0.717, 1.165) is 54.6 Å². The SMILES string of the molecule is Cc1ccc(CN(CCCCCN)Cc2cn(S(=O)(=O)c3ccccc3)c3ccccc23)cn1. The molecular weight excluding hydrogens is 444 g/mol. The zero-order chi connectivity index (χ0) is 24.0. The van der Waals surface area contributed by atoms with E-state index >= 15 is 0 Å². The Balaban J connectivity index is 1.67. The van der Waals surface area contributed by atoms with Gasteiger partial charge < -0.3 is 5.73 Å². The summed E-state index contributed by atoms with van der Waals surface area (Å²) in [4.78, 5) is 7.09. The Hall–Kier alpha value is -3.00. The number of hydrogen-bond donors (Lipinski definition) is 1. The van der Waals surface area contributed by atoms with Gasteiger partial charge in [0, 0.05) is 36.6 Å². The Kier molecular flexibility index (Phi) is 7.77. The molecule has 34 heavy (non-hydrogen) atoms. The standard InChI is InChI=1S/C27H32N4O2S/c1-22-14-15-23(18-29-22)19-30(17-9-3-8-16-28)20-24-21-31(27-13-7-6-12-26(24)27)34(32,33)25-10-4-2-5-11-25/h2,4-7,10-15,18,21H,3,8-9,16-17,19-20,28H2,1H3. The van der Waals surface area contributed by atoms with Crippen LogP contribution in [0.3, 0.4) is 0 Å². The van der Waals surface area contributed by atoms with E-state index in [1.807, 2.05) is 49.5 Å². The van der Waals surface area contributed by atoms with Gasteiger partial charge in [0.1, 0.15) is 0 Å². The van der Waals surface area contributed by atoms with Crippen molar-refractivity contribution in [1.82, 2.24) is 13.9 Å². The number of nitrogens with zero attached hydrogens (tertiary/aromatic N) is 3. The minimum Gasteiger partial charge on any atom is -0.330 e. The van der Waals surface area contributed by atoms with Crippen LogP contribution in [0, 0.1) is 6.92 Å². The molecule has 2 N–H and O–H groups in total. The molecule has 2 heterocycles. The summed E-state index contributed by atoms with van der Waals surface area (Å²) < 4.78 is 28.3. The molecule has 0 amide bonds. The third kappa shape index (κ3) is 5.55. The Morgan fingerprint density at radius 3 is 2.41 bits per heavy atom. The molecule has 0 spiro atoms. The van der Waals surface area contributed by atoms with Gasteiger partial charge >= 0.3 is 0 Å². The Morgan fingerprint density at radius 1 is 0.912 bits per heavy atom. The maximum atomic E-state index is 13.4. The summed E-state index contributed by atoms with van der Waals surface area (Å²) in [5.74, 6) is 0. The van der Waals surface area contributed by atoms with Crippen LogP contribution in [-0.2, 0) is 23.1 Å². The molecule has 0 saturated carbocycles. The monoisotopic (exact) mass is 476 g/mol. The second-order valence-corrected chi connectivity index (χ2v) is 10.5. The average molecular weight is 477 g/mol. The number of para-hydroxylation sites is 1. The second-order valence-electron chi connectivity index (χ2n) is 8.65. The predicted molar refractivity (Wildman–Crippen MR) is 137 cm³/mol. The molecule has 6 nitrogen and oxygen atoms in total. The molecule has 4 rings (SSSR count). The molecule has 0 saturated heterocycles. The molecule has 0 aliphatic carbocycles. The highest BCUT2D eigenvalue weighted by atomic mass is 32.2. The van der Waals surface area contributed by atoms with Crippen LogP contribution in [0.2, 0.25) is 0 Å². The van der Waals surface area contributed by atoms with Crippen molar-refractivity contribution in [2.24, 2.45) is 5.73 Å². The Morgan fingerprint density at radius 2 is 1.68 bits per heavy atom. The van der Waals surface area contributed by atoms with Crippen LogP contribution in [0.25, 0.3) is 10.9 Å². The number of rotatable bonds is 11. The van der Waals surface area contributed by atoms with E-state index in [1.165, 1.54) is 3.97 Å². The van der Waals surface area contributed by atoms with Crippen LogP contribution in [0.1, 0.15) is 36.1 Å². The summed E-state index contributed by atoms with van der Waals surface area (Å²) in [6.45, 7) is 4.98. The van der Waals surface area contributed by atoms with Crippen molar-refractivity contribution in [3.05, 3.63) is 95.9 Å². The van der Waals surface area contributed by atoms with E-state index in [2.05, 4.69) is 16.0 Å². The second kappa shape index (κ2) is 11.0. The quantitative estimate of drug-likeness (QED) is 0.317. The van der Waals surface area contributed by atoms with Gasteiger partial charge in [-0.15, -0.1) is 0 Å². The van der Waals surface area contributed by atoms with Crippen molar-refractivity contribution < 1.29 is 8.42 Å². The molecule has 0 fully saturated rings. The fourth-order valence-corrected chi connectivity index (χ4v) is 5.62. The smallest absolute Gasteiger partial charge is 0.268 e. The minimum absolute atomic E-state index is 0.284. The third-order valence-corrected chi connectivity index (χ3v) is 7.70. The number of unbranched alkanes of at least 4 members (excludes halogenated alkanes) is 2. The largest absolute Gasteiger partial charge is 0.330 e. The summed E-state index contributed by atoms with van der Waals surface area (Å²) in [5, 5.41) is 0.955. The average Bonchev–Trinajstić information content (AvgIpc) is 3.23. The lowest BCUT2D eigenvalue weighted by molar-refractivity contribution is 0.251. The van der Waals surface area contributed by atoms with Gasteiger partial charge in [0.25, 0.3) is 10.0 Å². The zero-order valence-electron chi connectivity index (χ0n) is 19.6. The molecule has 0 unspecified atom stereocenters. The van der Waals surface area contributed by atoms with E-state index in [9.17, 15) is 8.42 Å². The molecule has 4 aromatic rings. The summed E-state index contributed by atoms with van der Waals surface area (Å²) in [6, 6.07) is 20.4. The van der Waals surface area contributed by atoms with Crippen molar-refractivity contribution >= 4 is 20.9 Å². The van der Waals surface area contributed by atoms with E-state index in [0.29, 0.717) is 18.6 Å². The van der Waals surface area contributed by atoms with Gasteiger partial charge in [-0.2, -0.15) is 0 Å². The van der Waals surface area contributed by atoms with Crippen LogP contribution in [0.5, 0.6) is 0 Å². The predicted octanol–water partition coefficient (Wildman–Crippen LogP) is 4.71. The highest BCUT2D eigenvalue weighted by Gasteiger charge is 2.22. The maximum Gasteiger partial charge on any atom is 0.268 e. The molecule has 0 atom stereocenters. The Labute approximate surface area is 202 Å². The summed E-state index contributed by atoms with van der Waals surface area (Å²) in [6.07, 6.45) is 6.83. The molecule has 7 heteroatoms. The Bertz CT molecular complexity index is 1320. The number of hydrogen-bond acceptors (Lipinski definition) is 5. The highest BCUT2D eigenvalue weighted by molar-refractivity contribution is 7.90. The number of aromatic nitrogens is 2. The molecule has 2 aromatic heterocycles. The first-order valence-electron chi connectivity index (χ1n) is 11.7. The normalized spacial score (nSPS) is 12.0. The number of nitrogens with two attached hydrogens (primary N) is 1. The molecule has 0 radical (unpaired) electrons. The van der Waals surface area contributed by atoms with E-state index in [1.54, 1.807) is 30.5 Å². The number of pyridine rings is 1. The van der Waals surface area contributed by atoms with Crippen molar-refractivity contribution in [3.63, 3.8) is 0 Å². The van der Waals surface area contributed by atoms with Crippen LogP contribution in [-0.4, -0.2) is 35.4 Å². The molecule has 0 aliphatic heterocycles. The van der Waals surface area contributed by atoms with Gasteiger partial charge in [0.05, 0.1) is 10.4 Å². The van der Waals surface area contributed by atoms with Crippen LogP contribution in [0.15, 0.2) is 84.0 Å². The first-order valence-corrected chi connectivity index (χ1v) is 13.2. The van der Waals surface area contributed by atoms with Crippen LogP contribution in [0.4, 0.5) is 0 Å². The van der Waals surface area contributed by atoms with E-state index < -0.39 is 10.0 Å². The number of fused-ring (bicyclic) bond motifs is 1. The van der Waals surface area contributed by atoms with Gasteiger partial charge in [0.2, 0.25) is 0 Å². The van der Waals surface area contributed by atoms with Crippen molar-refractivity contribution in [3.8, 4) is 0 Å². The van der Waals surface area contributed by atoms with E-state index in [-0.39, 0.29) is 4.90 Å². The molecule has 0 bridgehead atoms. The lowest BCUT2D eigenvalue weighted by atomic mass is 10.1. The summed E-state index contributed by atoms with van der Waals surface area (Å²) >= 11 is 0. The molecule has 0 aliphatic rings. The van der Waals surface area contributed by atoms with Gasteiger partial charge in [0.15, 0.2) is 0 Å². The minimum atomic E-state index is -3.69. The van der Waals surface area contributed by atoms with Gasteiger partial charge in [-0.25, -0.2) is 12.4 Å². The van der Waals surface area contributed by atoms with Gasteiger partial charge in [-0.1, -0.05) is 48.9 Å². The summed E-state index contributed by atoms with van der Waals surface area (Å²) in [7, 11) is -3.69. The molecular formula is C27H32N4O2S.